The molecule has 0 fully saturated rings. The normalized spacial score (nSPS) is 12.3. The van der Waals surface area contributed by atoms with Crippen LogP contribution >= 0.6 is 11.6 Å². The summed E-state index contributed by atoms with van der Waals surface area (Å²) in [6, 6.07) is 3.88. The van der Waals surface area contributed by atoms with Gasteiger partial charge in [0, 0.05) is 6.07 Å². The third-order valence-corrected chi connectivity index (χ3v) is 4.42. The molecule has 0 amide bonds. The maximum Gasteiger partial charge on any atom is 0.417 e. The Kier molecular flexibility index (Phi) is 4.54. The fourth-order valence-electron chi connectivity index (χ4n) is 1.67. The third-order valence-electron chi connectivity index (χ3n) is 2.73. The molecule has 0 spiro atoms. The van der Waals surface area contributed by atoms with Crippen LogP contribution in [0.15, 0.2) is 41.3 Å². The number of benzene rings is 2. The van der Waals surface area contributed by atoms with Crippen molar-refractivity contribution in [3.63, 3.8) is 0 Å². The summed E-state index contributed by atoms with van der Waals surface area (Å²) in [4.78, 5) is -0.794. The Morgan fingerprint density at radius 1 is 1.00 bits per heavy atom. The molecule has 2 aromatic carbocycles. The molecule has 3 nitrogen and oxygen atoms in total. The van der Waals surface area contributed by atoms with Gasteiger partial charge in [-0.15, -0.1) is 0 Å². The van der Waals surface area contributed by atoms with Crippen LogP contribution in [0.5, 0.6) is 0 Å². The molecule has 0 saturated heterocycles. The van der Waals surface area contributed by atoms with E-state index < -0.39 is 49.0 Å². The molecule has 0 aliphatic rings. The predicted molar refractivity (Wildman–Crippen MR) is 73.6 cm³/mol. The van der Waals surface area contributed by atoms with E-state index in [2.05, 4.69) is 0 Å². The van der Waals surface area contributed by atoms with Crippen molar-refractivity contribution in [3.05, 3.63) is 58.6 Å². The Balaban J connectivity index is 2.46. The van der Waals surface area contributed by atoms with Crippen molar-refractivity contribution in [2.24, 2.45) is 0 Å². The number of alkyl halides is 3. The minimum Gasteiger partial charge on any atom is -0.277 e. The first-order chi connectivity index (χ1) is 10.5. The average molecular weight is 372 g/mol. The van der Waals surface area contributed by atoms with Crippen LogP contribution in [0.25, 0.3) is 0 Å². The van der Waals surface area contributed by atoms with E-state index in [1.54, 1.807) is 4.72 Å². The second kappa shape index (κ2) is 5.97. The molecule has 10 heteroatoms. The summed E-state index contributed by atoms with van der Waals surface area (Å²) >= 11 is 5.39. The Bertz CT molecular complexity index is 852. The Labute approximate surface area is 132 Å². The zero-order valence-electron chi connectivity index (χ0n) is 11.0. The minimum absolute atomic E-state index is 0.307. The van der Waals surface area contributed by atoms with E-state index >= 15 is 0 Å². The van der Waals surface area contributed by atoms with Gasteiger partial charge in [0.25, 0.3) is 10.0 Å². The van der Waals surface area contributed by atoms with Crippen molar-refractivity contribution in [2.75, 3.05) is 4.72 Å². The topological polar surface area (TPSA) is 46.2 Å². The molecule has 2 aromatic rings. The molecule has 0 aromatic heterocycles. The molecule has 0 atom stereocenters. The monoisotopic (exact) mass is 371 g/mol. The van der Waals surface area contributed by atoms with Gasteiger partial charge in [-0.3, -0.25) is 4.72 Å². The molecule has 0 aliphatic heterocycles. The van der Waals surface area contributed by atoms with Crippen molar-refractivity contribution in [2.45, 2.75) is 11.1 Å². The zero-order chi connectivity index (χ0) is 17.4. The van der Waals surface area contributed by atoms with Gasteiger partial charge in [0.1, 0.15) is 11.6 Å². The first-order valence-corrected chi connectivity index (χ1v) is 7.71. The summed E-state index contributed by atoms with van der Waals surface area (Å²) in [5, 5.41) is -0.687. The van der Waals surface area contributed by atoms with E-state index in [1.165, 1.54) is 0 Å². The first-order valence-electron chi connectivity index (χ1n) is 5.85. The highest BCUT2D eigenvalue weighted by Gasteiger charge is 2.34. The smallest absolute Gasteiger partial charge is 0.277 e. The lowest BCUT2D eigenvalue weighted by Gasteiger charge is -2.13. The Morgan fingerprint density at radius 2 is 1.65 bits per heavy atom. The van der Waals surface area contributed by atoms with E-state index in [0.29, 0.717) is 18.2 Å². The van der Waals surface area contributed by atoms with Gasteiger partial charge in [0.15, 0.2) is 0 Å². The van der Waals surface area contributed by atoms with E-state index in [1.807, 2.05) is 0 Å². The van der Waals surface area contributed by atoms with Gasteiger partial charge in [0.05, 0.1) is 21.2 Å². The van der Waals surface area contributed by atoms with Gasteiger partial charge >= 0.3 is 6.18 Å². The van der Waals surface area contributed by atoms with E-state index in [0.717, 1.165) is 18.2 Å². The van der Waals surface area contributed by atoms with Crippen LogP contribution < -0.4 is 4.72 Å². The molecule has 23 heavy (non-hydrogen) atoms. The van der Waals surface area contributed by atoms with Crippen LogP contribution in [0.2, 0.25) is 5.02 Å². The Morgan fingerprint density at radius 3 is 2.26 bits per heavy atom. The lowest BCUT2D eigenvalue weighted by molar-refractivity contribution is -0.137. The highest BCUT2D eigenvalue weighted by molar-refractivity contribution is 7.92. The highest BCUT2D eigenvalue weighted by atomic mass is 35.5. The summed E-state index contributed by atoms with van der Waals surface area (Å²) in [7, 11) is -4.57. The average Bonchev–Trinajstić information content (AvgIpc) is 2.41. The maximum atomic E-state index is 13.5. The van der Waals surface area contributed by atoms with E-state index in [4.69, 9.17) is 11.6 Å². The second-order valence-corrected chi connectivity index (χ2v) is 6.46. The molecular formula is C13H7ClF5NO2S. The predicted octanol–water partition coefficient (Wildman–Crippen LogP) is 4.44. The van der Waals surface area contributed by atoms with Gasteiger partial charge in [-0.25, -0.2) is 17.2 Å². The van der Waals surface area contributed by atoms with Crippen molar-refractivity contribution < 1.29 is 30.4 Å². The van der Waals surface area contributed by atoms with Gasteiger partial charge < -0.3 is 0 Å². The van der Waals surface area contributed by atoms with Gasteiger partial charge in [-0.1, -0.05) is 11.6 Å². The number of sulfonamides is 1. The van der Waals surface area contributed by atoms with Crippen molar-refractivity contribution >= 4 is 27.3 Å². The van der Waals surface area contributed by atoms with Crippen molar-refractivity contribution in [1.29, 1.82) is 0 Å². The minimum atomic E-state index is -4.87. The largest absolute Gasteiger partial charge is 0.417 e. The van der Waals surface area contributed by atoms with Crippen LogP contribution in [0.3, 0.4) is 0 Å². The molecular weight excluding hydrogens is 365 g/mol. The van der Waals surface area contributed by atoms with Crippen LogP contribution in [0, 0.1) is 11.6 Å². The fourth-order valence-corrected chi connectivity index (χ4v) is 2.98. The van der Waals surface area contributed by atoms with Crippen LogP contribution in [-0.2, 0) is 16.2 Å². The summed E-state index contributed by atoms with van der Waals surface area (Å²) in [5.41, 5.74) is -2.09. The number of hydrogen-bond donors (Lipinski definition) is 1. The molecule has 0 unspecified atom stereocenters. The summed E-state index contributed by atoms with van der Waals surface area (Å²) in [5.74, 6) is -2.00. The van der Waals surface area contributed by atoms with E-state index in [9.17, 15) is 30.4 Å². The van der Waals surface area contributed by atoms with E-state index in [-0.39, 0.29) is 0 Å². The Hall–Kier alpha value is -1.87. The molecule has 0 aliphatic carbocycles. The zero-order valence-corrected chi connectivity index (χ0v) is 12.5. The van der Waals surface area contributed by atoms with Gasteiger partial charge in [-0.2, -0.15) is 13.2 Å². The fraction of sp³-hybridized carbons (Fsp3) is 0.0769. The lowest BCUT2D eigenvalue weighted by Crippen LogP contribution is -2.16. The molecule has 1 N–H and O–H groups in total. The quantitative estimate of drug-likeness (QED) is 0.811. The molecule has 124 valence electrons. The second-order valence-electron chi connectivity index (χ2n) is 4.37. The first kappa shape index (κ1) is 17.5. The standard InChI is InChI=1S/C13H7ClF5NO2S/c14-10-3-2-8(6-9(10)13(17,18)19)23(21,22)20-12-5-7(15)1-4-11(12)16/h1-6,20H. The molecule has 2 rings (SSSR count). The maximum absolute atomic E-state index is 13.5. The third kappa shape index (κ3) is 3.91. The number of rotatable bonds is 3. The number of halogens is 6. The molecule has 0 radical (unpaired) electrons. The van der Waals surface area contributed by atoms with Crippen LogP contribution in [0.1, 0.15) is 5.56 Å². The number of hydrogen-bond acceptors (Lipinski definition) is 2. The van der Waals surface area contributed by atoms with Gasteiger partial charge in [-0.05, 0) is 30.3 Å². The van der Waals surface area contributed by atoms with Crippen LogP contribution in [0.4, 0.5) is 27.6 Å². The molecule has 0 bridgehead atoms. The van der Waals surface area contributed by atoms with Crippen molar-refractivity contribution in [1.82, 2.24) is 0 Å². The highest BCUT2D eigenvalue weighted by Crippen LogP contribution is 2.36. The van der Waals surface area contributed by atoms with Crippen molar-refractivity contribution in [3.8, 4) is 0 Å². The summed E-state index contributed by atoms with van der Waals surface area (Å²) < 4.78 is 90.5. The number of anilines is 1. The summed E-state index contributed by atoms with van der Waals surface area (Å²) in [6.07, 6.45) is -4.87. The summed E-state index contributed by atoms with van der Waals surface area (Å²) in [6.45, 7) is 0. The molecule has 0 heterocycles. The van der Waals surface area contributed by atoms with Gasteiger partial charge in [0.2, 0.25) is 0 Å². The number of nitrogens with one attached hydrogen (secondary N) is 1. The van der Waals surface area contributed by atoms with Crippen LogP contribution in [-0.4, -0.2) is 8.42 Å². The SMILES string of the molecule is O=S(=O)(Nc1cc(F)ccc1F)c1ccc(Cl)c(C(F)(F)F)c1. The molecule has 0 saturated carbocycles. The lowest BCUT2D eigenvalue weighted by atomic mass is 10.2.